The first-order chi connectivity index (χ1) is 13.3. The van der Waals surface area contributed by atoms with Crippen LogP contribution in [-0.2, 0) is 14.2 Å². The molecule has 0 unspecified atom stereocenters. The molecule has 2 aromatic carbocycles. The highest BCUT2D eigenvalue weighted by Gasteiger charge is 2.06. The summed E-state index contributed by atoms with van der Waals surface area (Å²) >= 11 is 0. The summed E-state index contributed by atoms with van der Waals surface area (Å²) in [5.41, 5.74) is 3.21. The van der Waals surface area contributed by atoms with Crippen LogP contribution in [0.3, 0.4) is 0 Å². The van der Waals surface area contributed by atoms with E-state index in [0.717, 1.165) is 41.9 Å². The van der Waals surface area contributed by atoms with Crippen molar-refractivity contribution < 1.29 is 18.9 Å². The lowest BCUT2D eigenvalue weighted by atomic mass is 9.99. The Morgan fingerprint density at radius 1 is 0.778 bits per heavy atom. The van der Waals surface area contributed by atoms with Gasteiger partial charge < -0.3 is 18.9 Å². The molecule has 0 aliphatic heterocycles. The van der Waals surface area contributed by atoms with E-state index in [1.54, 1.807) is 13.4 Å². The smallest absolute Gasteiger partial charge is 0.118 e. The quantitative estimate of drug-likeness (QED) is 0.370. The molecule has 0 radical (unpaired) electrons. The summed E-state index contributed by atoms with van der Waals surface area (Å²) in [5.74, 6) is 0.835. The van der Waals surface area contributed by atoms with Gasteiger partial charge in [-0.2, -0.15) is 0 Å². The standard InChI is InChI=1S/C23H30O4/c1-3-4-14-25-15-16-26-17-18-27-19-23(20-8-6-5-7-9-20)21-10-12-22(24-2)13-11-21/h5-13,19H,3-4,14-18H2,1-2H3/b23-19+. The van der Waals surface area contributed by atoms with Crippen molar-refractivity contribution in [3.8, 4) is 5.75 Å². The second-order valence-corrected chi connectivity index (χ2v) is 6.08. The highest BCUT2D eigenvalue weighted by atomic mass is 16.5. The largest absolute Gasteiger partial charge is 0.498 e. The summed E-state index contributed by atoms with van der Waals surface area (Å²) in [6.07, 6.45) is 4.05. The molecule has 2 aromatic rings. The molecular weight excluding hydrogens is 340 g/mol. The van der Waals surface area contributed by atoms with Gasteiger partial charge in [0.15, 0.2) is 0 Å². The first-order valence-electron chi connectivity index (χ1n) is 9.52. The number of hydrogen-bond acceptors (Lipinski definition) is 4. The molecule has 4 heteroatoms. The van der Waals surface area contributed by atoms with Crippen molar-refractivity contribution >= 4 is 5.57 Å². The van der Waals surface area contributed by atoms with Crippen LogP contribution in [0, 0.1) is 0 Å². The van der Waals surface area contributed by atoms with Gasteiger partial charge in [0, 0.05) is 12.2 Å². The molecular formula is C23H30O4. The van der Waals surface area contributed by atoms with E-state index in [1.165, 1.54) is 0 Å². The van der Waals surface area contributed by atoms with Crippen LogP contribution in [0.2, 0.25) is 0 Å². The zero-order valence-electron chi connectivity index (χ0n) is 16.4. The number of methoxy groups -OCH3 is 1. The van der Waals surface area contributed by atoms with Crippen LogP contribution in [-0.4, -0.2) is 40.1 Å². The lowest BCUT2D eigenvalue weighted by Crippen LogP contribution is -2.08. The third-order valence-corrected chi connectivity index (χ3v) is 4.05. The van der Waals surface area contributed by atoms with Gasteiger partial charge in [-0.15, -0.1) is 0 Å². The molecule has 27 heavy (non-hydrogen) atoms. The fraction of sp³-hybridized carbons (Fsp3) is 0.391. The zero-order chi connectivity index (χ0) is 19.2. The van der Waals surface area contributed by atoms with Crippen LogP contribution in [0.25, 0.3) is 5.57 Å². The maximum atomic E-state index is 5.75. The minimum absolute atomic E-state index is 0.501. The van der Waals surface area contributed by atoms with Crippen molar-refractivity contribution in [2.24, 2.45) is 0 Å². The van der Waals surface area contributed by atoms with Crippen molar-refractivity contribution in [3.63, 3.8) is 0 Å². The van der Waals surface area contributed by atoms with Crippen molar-refractivity contribution in [2.45, 2.75) is 19.8 Å². The van der Waals surface area contributed by atoms with E-state index < -0.39 is 0 Å². The number of benzene rings is 2. The van der Waals surface area contributed by atoms with E-state index in [9.17, 15) is 0 Å². The topological polar surface area (TPSA) is 36.9 Å². The number of rotatable bonds is 13. The van der Waals surface area contributed by atoms with E-state index in [2.05, 4.69) is 19.1 Å². The molecule has 0 amide bonds. The molecule has 0 aliphatic carbocycles. The maximum Gasteiger partial charge on any atom is 0.118 e. The average Bonchev–Trinajstić information content (AvgIpc) is 2.73. The van der Waals surface area contributed by atoms with E-state index in [1.807, 2.05) is 42.5 Å². The first kappa shape index (κ1) is 21.0. The summed E-state index contributed by atoms with van der Waals surface area (Å²) in [5, 5.41) is 0. The fourth-order valence-corrected chi connectivity index (χ4v) is 2.51. The highest BCUT2D eigenvalue weighted by Crippen LogP contribution is 2.25. The Kier molecular flexibility index (Phi) is 10.1. The molecule has 0 fully saturated rings. The number of hydrogen-bond donors (Lipinski definition) is 0. The second-order valence-electron chi connectivity index (χ2n) is 6.08. The Morgan fingerprint density at radius 2 is 1.41 bits per heavy atom. The van der Waals surface area contributed by atoms with Crippen LogP contribution in [0.1, 0.15) is 30.9 Å². The van der Waals surface area contributed by atoms with Gasteiger partial charge >= 0.3 is 0 Å². The van der Waals surface area contributed by atoms with E-state index in [-0.39, 0.29) is 0 Å². The predicted octanol–water partition coefficient (Wildman–Crippen LogP) is 4.93. The molecule has 146 valence electrons. The maximum absolute atomic E-state index is 5.75. The Bertz CT molecular complexity index is 650. The molecule has 0 aromatic heterocycles. The molecule has 0 atom stereocenters. The van der Waals surface area contributed by atoms with Crippen molar-refractivity contribution in [2.75, 3.05) is 40.1 Å². The summed E-state index contributed by atoms with van der Waals surface area (Å²) < 4.78 is 22.0. The molecule has 0 spiro atoms. The lowest BCUT2D eigenvalue weighted by Gasteiger charge is -2.10. The minimum Gasteiger partial charge on any atom is -0.498 e. The van der Waals surface area contributed by atoms with Crippen molar-refractivity contribution in [1.82, 2.24) is 0 Å². The Balaban J connectivity index is 1.85. The van der Waals surface area contributed by atoms with E-state index in [4.69, 9.17) is 18.9 Å². The van der Waals surface area contributed by atoms with Crippen LogP contribution < -0.4 is 4.74 Å². The van der Waals surface area contributed by atoms with Crippen molar-refractivity contribution in [3.05, 3.63) is 72.0 Å². The Labute approximate surface area is 162 Å². The van der Waals surface area contributed by atoms with Crippen LogP contribution >= 0.6 is 0 Å². The molecule has 0 N–H and O–H groups in total. The van der Waals surface area contributed by atoms with Gasteiger partial charge in [0.2, 0.25) is 0 Å². The van der Waals surface area contributed by atoms with Gasteiger partial charge in [-0.1, -0.05) is 55.8 Å². The van der Waals surface area contributed by atoms with Crippen LogP contribution in [0.4, 0.5) is 0 Å². The van der Waals surface area contributed by atoms with Gasteiger partial charge in [-0.05, 0) is 29.7 Å². The SMILES string of the molecule is CCCCOCCOCCO/C=C(\c1ccccc1)c1ccc(OC)cc1. The fourth-order valence-electron chi connectivity index (χ4n) is 2.51. The molecule has 0 aliphatic rings. The van der Waals surface area contributed by atoms with Crippen LogP contribution in [0.5, 0.6) is 5.75 Å². The summed E-state index contributed by atoms with van der Waals surface area (Å²) in [6.45, 7) is 5.24. The Hall–Kier alpha value is -2.30. The van der Waals surface area contributed by atoms with Crippen LogP contribution in [0.15, 0.2) is 60.9 Å². The highest BCUT2D eigenvalue weighted by molar-refractivity contribution is 5.79. The molecule has 2 rings (SSSR count). The molecule has 4 nitrogen and oxygen atoms in total. The third kappa shape index (κ3) is 7.85. The zero-order valence-corrected chi connectivity index (χ0v) is 16.4. The van der Waals surface area contributed by atoms with Gasteiger partial charge in [-0.3, -0.25) is 0 Å². The molecule has 0 saturated carbocycles. The Morgan fingerprint density at radius 3 is 2.07 bits per heavy atom. The number of ether oxygens (including phenoxy) is 4. The normalized spacial score (nSPS) is 11.4. The van der Waals surface area contributed by atoms with Gasteiger partial charge in [0.1, 0.15) is 12.4 Å². The van der Waals surface area contributed by atoms with Gasteiger partial charge in [-0.25, -0.2) is 0 Å². The van der Waals surface area contributed by atoms with Gasteiger partial charge in [0.05, 0.1) is 33.2 Å². The summed E-state index contributed by atoms with van der Waals surface area (Å²) in [6, 6.07) is 18.2. The minimum atomic E-state index is 0.501. The third-order valence-electron chi connectivity index (χ3n) is 4.05. The monoisotopic (exact) mass is 370 g/mol. The average molecular weight is 370 g/mol. The molecule has 0 saturated heterocycles. The first-order valence-corrected chi connectivity index (χ1v) is 9.52. The van der Waals surface area contributed by atoms with Gasteiger partial charge in [0.25, 0.3) is 0 Å². The predicted molar refractivity (Wildman–Crippen MR) is 109 cm³/mol. The summed E-state index contributed by atoms with van der Waals surface area (Å²) in [7, 11) is 1.67. The lowest BCUT2D eigenvalue weighted by molar-refractivity contribution is 0.0300. The van der Waals surface area contributed by atoms with E-state index >= 15 is 0 Å². The molecule has 0 bridgehead atoms. The van der Waals surface area contributed by atoms with E-state index in [0.29, 0.717) is 26.4 Å². The molecule has 0 heterocycles. The van der Waals surface area contributed by atoms with Crippen molar-refractivity contribution in [1.29, 1.82) is 0 Å². The second kappa shape index (κ2) is 13.0. The number of unbranched alkanes of at least 4 members (excludes halogenated alkanes) is 1. The summed E-state index contributed by atoms with van der Waals surface area (Å²) in [4.78, 5) is 0.